The highest BCUT2D eigenvalue weighted by molar-refractivity contribution is 6.04. The predicted molar refractivity (Wildman–Crippen MR) is 78.4 cm³/mol. The van der Waals surface area contributed by atoms with Crippen LogP contribution in [0.25, 0.3) is 0 Å². The maximum absolute atomic E-state index is 13.6. The third kappa shape index (κ3) is 3.81. The number of benzene rings is 2. The number of phenols is 1. The van der Waals surface area contributed by atoms with Crippen molar-refractivity contribution in [1.29, 1.82) is 0 Å². The van der Waals surface area contributed by atoms with E-state index < -0.39 is 11.7 Å². The minimum atomic E-state index is -0.786. The standard InChI is InChI=1S/C16H13FN2O2/c17-15-10-13(20)6-7-14(15)16(21)19-12-5-1-3-11(9-12)4-2-8-18/h1,3,5-7,9-10,20H,8,18H2,(H,19,21). The summed E-state index contributed by atoms with van der Waals surface area (Å²) < 4.78 is 13.6. The summed E-state index contributed by atoms with van der Waals surface area (Å²) in [4.78, 5) is 12.0. The summed E-state index contributed by atoms with van der Waals surface area (Å²) in [6.07, 6.45) is 0. The van der Waals surface area contributed by atoms with Gasteiger partial charge in [-0.1, -0.05) is 17.9 Å². The molecule has 0 aliphatic rings. The van der Waals surface area contributed by atoms with E-state index in [0.717, 1.165) is 6.07 Å². The number of nitrogens with one attached hydrogen (secondary N) is 1. The lowest BCUT2D eigenvalue weighted by Gasteiger charge is -2.06. The topological polar surface area (TPSA) is 75.3 Å². The molecule has 0 fully saturated rings. The SMILES string of the molecule is NCC#Cc1cccc(NC(=O)c2ccc(O)cc2F)c1. The largest absolute Gasteiger partial charge is 0.508 e. The summed E-state index contributed by atoms with van der Waals surface area (Å²) in [5.74, 6) is 3.93. The first-order valence-electron chi connectivity index (χ1n) is 6.19. The number of rotatable bonds is 2. The average molecular weight is 284 g/mol. The van der Waals surface area contributed by atoms with Crippen molar-refractivity contribution in [3.8, 4) is 17.6 Å². The van der Waals surface area contributed by atoms with Crippen LogP contribution < -0.4 is 11.1 Å². The highest BCUT2D eigenvalue weighted by Crippen LogP contribution is 2.17. The molecule has 1 amide bonds. The molecule has 0 radical (unpaired) electrons. The van der Waals surface area contributed by atoms with Gasteiger partial charge in [0, 0.05) is 17.3 Å². The van der Waals surface area contributed by atoms with E-state index in [9.17, 15) is 9.18 Å². The summed E-state index contributed by atoms with van der Waals surface area (Å²) in [6.45, 7) is 0.245. The van der Waals surface area contributed by atoms with E-state index in [2.05, 4.69) is 17.2 Å². The van der Waals surface area contributed by atoms with Crippen molar-refractivity contribution < 1.29 is 14.3 Å². The molecule has 2 rings (SSSR count). The number of phenolic OH excluding ortho intramolecular Hbond substituents is 1. The second-order valence-corrected chi connectivity index (χ2v) is 4.20. The summed E-state index contributed by atoms with van der Waals surface area (Å²) in [5, 5.41) is 11.7. The molecular formula is C16H13FN2O2. The van der Waals surface area contributed by atoms with Gasteiger partial charge in [-0.2, -0.15) is 0 Å². The first kappa shape index (κ1) is 14.6. The van der Waals surface area contributed by atoms with Crippen molar-refractivity contribution in [2.75, 3.05) is 11.9 Å². The molecule has 0 aliphatic heterocycles. The zero-order chi connectivity index (χ0) is 15.2. The Bertz CT molecular complexity index is 733. The number of anilines is 1. The zero-order valence-electron chi connectivity index (χ0n) is 11.1. The van der Waals surface area contributed by atoms with Gasteiger partial charge in [0.25, 0.3) is 5.91 Å². The van der Waals surface area contributed by atoms with E-state index in [0.29, 0.717) is 11.3 Å². The summed E-state index contributed by atoms with van der Waals surface area (Å²) in [7, 11) is 0. The summed E-state index contributed by atoms with van der Waals surface area (Å²) >= 11 is 0. The Labute approximate surface area is 121 Å². The lowest BCUT2D eigenvalue weighted by Crippen LogP contribution is -2.13. The molecule has 2 aromatic rings. The van der Waals surface area contributed by atoms with E-state index in [1.54, 1.807) is 24.3 Å². The molecule has 0 saturated heterocycles. The fourth-order valence-corrected chi connectivity index (χ4v) is 1.71. The van der Waals surface area contributed by atoms with Crippen molar-refractivity contribution in [3.05, 3.63) is 59.4 Å². The van der Waals surface area contributed by atoms with Gasteiger partial charge in [-0.05, 0) is 30.3 Å². The van der Waals surface area contributed by atoms with Crippen LogP contribution in [0.5, 0.6) is 5.75 Å². The Hall–Kier alpha value is -2.84. The molecule has 4 N–H and O–H groups in total. The number of hydrogen-bond acceptors (Lipinski definition) is 3. The van der Waals surface area contributed by atoms with Crippen LogP contribution in [0.2, 0.25) is 0 Å². The quantitative estimate of drug-likeness (QED) is 0.739. The number of carbonyl (C=O) groups is 1. The Morgan fingerprint density at radius 1 is 1.29 bits per heavy atom. The summed E-state index contributed by atoms with van der Waals surface area (Å²) in [5.41, 5.74) is 6.34. The van der Waals surface area contributed by atoms with Gasteiger partial charge in [-0.3, -0.25) is 4.79 Å². The molecular weight excluding hydrogens is 271 g/mol. The average Bonchev–Trinajstić information content (AvgIpc) is 2.45. The van der Waals surface area contributed by atoms with Crippen LogP contribution >= 0.6 is 0 Å². The Balaban J connectivity index is 2.19. The molecule has 0 spiro atoms. The van der Waals surface area contributed by atoms with Gasteiger partial charge in [0.15, 0.2) is 0 Å². The maximum atomic E-state index is 13.6. The molecule has 0 atom stereocenters. The number of halogens is 1. The van der Waals surface area contributed by atoms with Gasteiger partial charge in [-0.25, -0.2) is 4.39 Å². The van der Waals surface area contributed by atoms with Crippen LogP contribution in [0.3, 0.4) is 0 Å². The third-order valence-corrected chi connectivity index (χ3v) is 2.65. The van der Waals surface area contributed by atoms with Crippen LogP contribution in [-0.4, -0.2) is 17.6 Å². The van der Waals surface area contributed by atoms with Crippen LogP contribution in [0, 0.1) is 17.7 Å². The van der Waals surface area contributed by atoms with Gasteiger partial charge >= 0.3 is 0 Å². The lowest BCUT2D eigenvalue weighted by atomic mass is 10.1. The molecule has 106 valence electrons. The second-order valence-electron chi connectivity index (χ2n) is 4.20. The van der Waals surface area contributed by atoms with Crippen molar-refractivity contribution in [3.63, 3.8) is 0 Å². The van der Waals surface area contributed by atoms with Gasteiger partial charge in [0.2, 0.25) is 0 Å². The molecule has 0 saturated carbocycles. The molecule has 0 heterocycles. The van der Waals surface area contributed by atoms with Crippen LogP contribution in [0.4, 0.5) is 10.1 Å². The van der Waals surface area contributed by atoms with Crippen molar-refractivity contribution in [2.24, 2.45) is 5.73 Å². The first-order valence-corrected chi connectivity index (χ1v) is 6.19. The monoisotopic (exact) mass is 284 g/mol. The fraction of sp³-hybridized carbons (Fsp3) is 0.0625. The number of hydrogen-bond donors (Lipinski definition) is 3. The van der Waals surface area contributed by atoms with Crippen molar-refractivity contribution >= 4 is 11.6 Å². The molecule has 0 unspecified atom stereocenters. The second kappa shape index (κ2) is 6.55. The Morgan fingerprint density at radius 2 is 2.10 bits per heavy atom. The van der Waals surface area contributed by atoms with Gasteiger partial charge in [0.05, 0.1) is 12.1 Å². The Kier molecular flexibility index (Phi) is 4.54. The lowest BCUT2D eigenvalue weighted by molar-refractivity contribution is 0.102. The number of nitrogens with two attached hydrogens (primary N) is 1. The predicted octanol–water partition coefficient (Wildman–Crippen LogP) is 2.09. The van der Waals surface area contributed by atoms with Crippen LogP contribution in [-0.2, 0) is 0 Å². The highest BCUT2D eigenvalue weighted by atomic mass is 19.1. The molecule has 4 nitrogen and oxygen atoms in total. The third-order valence-electron chi connectivity index (χ3n) is 2.65. The molecule has 5 heteroatoms. The van der Waals surface area contributed by atoms with Crippen LogP contribution in [0.15, 0.2) is 42.5 Å². The van der Waals surface area contributed by atoms with E-state index in [1.807, 2.05) is 0 Å². The smallest absolute Gasteiger partial charge is 0.258 e. The molecule has 0 bridgehead atoms. The van der Waals surface area contributed by atoms with Gasteiger partial charge in [0.1, 0.15) is 11.6 Å². The first-order chi connectivity index (χ1) is 10.1. The fourth-order valence-electron chi connectivity index (χ4n) is 1.71. The summed E-state index contributed by atoms with van der Waals surface area (Å²) in [6, 6.07) is 10.2. The van der Waals surface area contributed by atoms with Crippen LogP contribution in [0.1, 0.15) is 15.9 Å². The van der Waals surface area contributed by atoms with Crippen molar-refractivity contribution in [1.82, 2.24) is 0 Å². The number of aromatic hydroxyl groups is 1. The van der Waals surface area contributed by atoms with Crippen molar-refractivity contribution in [2.45, 2.75) is 0 Å². The van der Waals surface area contributed by atoms with Gasteiger partial charge in [-0.15, -0.1) is 0 Å². The zero-order valence-corrected chi connectivity index (χ0v) is 11.1. The number of amides is 1. The molecule has 0 aromatic heterocycles. The normalized spacial score (nSPS) is 9.62. The van der Waals surface area contributed by atoms with E-state index >= 15 is 0 Å². The van der Waals surface area contributed by atoms with E-state index in [4.69, 9.17) is 10.8 Å². The number of carbonyl (C=O) groups excluding carboxylic acids is 1. The highest BCUT2D eigenvalue weighted by Gasteiger charge is 2.12. The van der Waals surface area contributed by atoms with Gasteiger partial charge < -0.3 is 16.2 Å². The molecule has 2 aromatic carbocycles. The minimum absolute atomic E-state index is 0.147. The van der Waals surface area contributed by atoms with E-state index in [-0.39, 0.29) is 17.9 Å². The molecule has 0 aliphatic carbocycles. The van der Waals surface area contributed by atoms with E-state index in [1.165, 1.54) is 12.1 Å². The Morgan fingerprint density at radius 3 is 2.81 bits per heavy atom. The minimum Gasteiger partial charge on any atom is -0.508 e. The maximum Gasteiger partial charge on any atom is 0.258 e. The molecule has 21 heavy (non-hydrogen) atoms.